The van der Waals surface area contributed by atoms with E-state index < -0.39 is 0 Å². The Morgan fingerprint density at radius 3 is 2.24 bits per heavy atom. The topological polar surface area (TPSA) is 15.3 Å². The summed E-state index contributed by atoms with van der Waals surface area (Å²) >= 11 is 0. The summed E-state index contributed by atoms with van der Waals surface area (Å²) in [4.78, 5) is 2.73. The van der Waals surface area contributed by atoms with Crippen molar-refractivity contribution in [1.82, 2.24) is 10.2 Å². The van der Waals surface area contributed by atoms with Crippen molar-refractivity contribution in [1.29, 1.82) is 0 Å². The number of nitrogens with one attached hydrogen (secondary N) is 1. The monoisotopic (exact) mass is 288 g/mol. The van der Waals surface area contributed by atoms with Gasteiger partial charge in [-0.15, -0.1) is 0 Å². The summed E-state index contributed by atoms with van der Waals surface area (Å²) in [6.07, 6.45) is 5.27. The second kappa shape index (κ2) is 7.42. The number of hydrogen-bond donors (Lipinski definition) is 1. The number of benzene rings is 1. The third-order valence-electron chi connectivity index (χ3n) is 5.24. The van der Waals surface area contributed by atoms with Gasteiger partial charge in [0.25, 0.3) is 0 Å². The minimum absolute atomic E-state index is 0.200. The second-order valence-electron chi connectivity index (χ2n) is 6.66. The van der Waals surface area contributed by atoms with Crippen LogP contribution >= 0.6 is 0 Å². The molecule has 0 bridgehead atoms. The SMILES string of the molecule is CCNC(c1ccc(C)cc1)C(C)(CC)N1CCCCC1. The molecule has 1 aromatic rings. The fourth-order valence-electron chi connectivity index (χ4n) is 3.67. The predicted octanol–water partition coefficient (Wildman–Crippen LogP) is 4.30. The van der Waals surface area contributed by atoms with E-state index in [1.165, 1.54) is 49.9 Å². The minimum atomic E-state index is 0.200. The highest BCUT2D eigenvalue weighted by Gasteiger charge is 2.39. The molecule has 1 heterocycles. The lowest BCUT2D eigenvalue weighted by Gasteiger charge is -2.48. The Kier molecular flexibility index (Phi) is 5.83. The van der Waals surface area contributed by atoms with E-state index in [0.717, 1.165) is 6.54 Å². The van der Waals surface area contributed by atoms with Crippen LogP contribution in [0.5, 0.6) is 0 Å². The molecule has 2 nitrogen and oxygen atoms in total. The van der Waals surface area contributed by atoms with Crippen molar-refractivity contribution in [3.63, 3.8) is 0 Å². The summed E-state index contributed by atoms with van der Waals surface area (Å²) in [5, 5.41) is 3.77. The number of hydrogen-bond acceptors (Lipinski definition) is 2. The van der Waals surface area contributed by atoms with Crippen LogP contribution in [0.15, 0.2) is 24.3 Å². The molecule has 0 saturated carbocycles. The summed E-state index contributed by atoms with van der Waals surface area (Å²) < 4.78 is 0. The zero-order chi connectivity index (χ0) is 15.3. The van der Waals surface area contributed by atoms with Crippen molar-refractivity contribution in [2.24, 2.45) is 0 Å². The van der Waals surface area contributed by atoms with E-state index in [9.17, 15) is 0 Å². The van der Waals surface area contributed by atoms with Crippen molar-refractivity contribution < 1.29 is 0 Å². The summed E-state index contributed by atoms with van der Waals surface area (Å²) in [5.41, 5.74) is 2.97. The third-order valence-corrected chi connectivity index (χ3v) is 5.24. The van der Waals surface area contributed by atoms with Gasteiger partial charge in [0.05, 0.1) is 6.04 Å². The molecular formula is C19H32N2. The number of nitrogens with zero attached hydrogens (tertiary/aromatic N) is 1. The quantitative estimate of drug-likeness (QED) is 0.839. The molecule has 118 valence electrons. The Morgan fingerprint density at radius 2 is 1.71 bits per heavy atom. The van der Waals surface area contributed by atoms with Crippen LogP contribution in [0.4, 0.5) is 0 Å². The van der Waals surface area contributed by atoms with E-state index in [1.807, 2.05) is 0 Å². The van der Waals surface area contributed by atoms with Gasteiger partial charge in [-0.05, 0) is 58.3 Å². The molecule has 2 atom stereocenters. The van der Waals surface area contributed by atoms with Gasteiger partial charge < -0.3 is 5.32 Å². The molecule has 2 rings (SSSR count). The molecule has 2 heteroatoms. The van der Waals surface area contributed by atoms with Gasteiger partial charge in [0, 0.05) is 5.54 Å². The number of rotatable bonds is 6. The standard InChI is InChI=1S/C19H32N2/c1-5-19(4,21-14-8-7-9-15-21)18(20-6-2)17-12-10-16(3)11-13-17/h10-13,18,20H,5-9,14-15H2,1-4H3. The highest BCUT2D eigenvalue weighted by atomic mass is 15.2. The van der Waals surface area contributed by atoms with Crippen LogP contribution in [0.1, 0.15) is 63.6 Å². The van der Waals surface area contributed by atoms with Crippen LogP contribution in [-0.4, -0.2) is 30.1 Å². The lowest BCUT2D eigenvalue weighted by atomic mass is 9.81. The molecule has 2 unspecified atom stereocenters. The highest BCUT2D eigenvalue weighted by molar-refractivity contribution is 5.27. The van der Waals surface area contributed by atoms with Crippen LogP contribution in [0.2, 0.25) is 0 Å². The van der Waals surface area contributed by atoms with Gasteiger partial charge in [0.2, 0.25) is 0 Å². The van der Waals surface area contributed by atoms with Crippen LogP contribution in [0.25, 0.3) is 0 Å². The zero-order valence-corrected chi connectivity index (χ0v) is 14.3. The van der Waals surface area contributed by atoms with Crippen molar-refractivity contribution in [3.05, 3.63) is 35.4 Å². The van der Waals surface area contributed by atoms with E-state index in [-0.39, 0.29) is 5.54 Å². The van der Waals surface area contributed by atoms with Gasteiger partial charge in [-0.3, -0.25) is 4.90 Å². The first kappa shape index (κ1) is 16.5. The van der Waals surface area contributed by atoms with Crippen molar-refractivity contribution in [2.45, 2.75) is 65.0 Å². The summed E-state index contributed by atoms with van der Waals surface area (Å²) in [6.45, 7) is 12.7. The summed E-state index contributed by atoms with van der Waals surface area (Å²) in [6, 6.07) is 9.50. The minimum Gasteiger partial charge on any atom is -0.309 e. The maximum atomic E-state index is 3.77. The lowest BCUT2D eigenvalue weighted by molar-refractivity contribution is 0.0429. The molecule has 1 N–H and O–H groups in total. The fraction of sp³-hybridized carbons (Fsp3) is 0.684. The van der Waals surface area contributed by atoms with Crippen LogP contribution in [-0.2, 0) is 0 Å². The Morgan fingerprint density at radius 1 is 1.10 bits per heavy atom. The van der Waals surface area contributed by atoms with Gasteiger partial charge in [-0.2, -0.15) is 0 Å². The van der Waals surface area contributed by atoms with Crippen LogP contribution in [0, 0.1) is 6.92 Å². The Labute approximate surface area is 130 Å². The fourth-order valence-corrected chi connectivity index (χ4v) is 3.67. The third kappa shape index (κ3) is 3.67. The molecule has 0 aromatic heterocycles. The first-order valence-electron chi connectivity index (χ1n) is 8.66. The normalized spacial score (nSPS) is 21.0. The van der Waals surface area contributed by atoms with E-state index in [2.05, 4.69) is 62.2 Å². The van der Waals surface area contributed by atoms with E-state index in [0.29, 0.717) is 6.04 Å². The largest absolute Gasteiger partial charge is 0.309 e. The molecule has 21 heavy (non-hydrogen) atoms. The van der Waals surface area contributed by atoms with E-state index in [1.54, 1.807) is 0 Å². The maximum absolute atomic E-state index is 3.77. The summed E-state index contributed by atoms with van der Waals surface area (Å²) in [7, 11) is 0. The average molecular weight is 288 g/mol. The highest BCUT2D eigenvalue weighted by Crippen LogP contribution is 2.36. The van der Waals surface area contributed by atoms with Crippen molar-refractivity contribution >= 4 is 0 Å². The van der Waals surface area contributed by atoms with E-state index >= 15 is 0 Å². The maximum Gasteiger partial charge on any atom is 0.0504 e. The number of piperidine rings is 1. The predicted molar refractivity (Wildman–Crippen MR) is 91.7 cm³/mol. The van der Waals surface area contributed by atoms with Gasteiger partial charge >= 0.3 is 0 Å². The first-order chi connectivity index (χ1) is 10.1. The molecule has 0 radical (unpaired) electrons. The molecule has 1 saturated heterocycles. The molecule has 0 aliphatic carbocycles. The summed E-state index contributed by atoms with van der Waals surface area (Å²) in [5.74, 6) is 0. The van der Waals surface area contributed by atoms with E-state index in [4.69, 9.17) is 0 Å². The van der Waals surface area contributed by atoms with Gasteiger partial charge in [0.1, 0.15) is 0 Å². The smallest absolute Gasteiger partial charge is 0.0504 e. The number of aryl methyl sites for hydroxylation is 1. The Hall–Kier alpha value is -0.860. The van der Waals surface area contributed by atoms with Crippen molar-refractivity contribution in [3.8, 4) is 0 Å². The lowest BCUT2D eigenvalue weighted by Crippen LogP contribution is -2.55. The number of likely N-dealkylation sites (N-methyl/N-ethyl adjacent to an activating group) is 1. The van der Waals surface area contributed by atoms with Crippen molar-refractivity contribution in [2.75, 3.05) is 19.6 Å². The zero-order valence-electron chi connectivity index (χ0n) is 14.3. The van der Waals surface area contributed by atoms with Gasteiger partial charge in [-0.1, -0.05) is 50.1 Å². The number of likely N-dealkylation sites (tertiary alicyclic amines) is 1. The van der Waals surface area contributed by atoms with Crippen LogP contribution in [0.3, 0.4) is 0 Å². The second-order valence-corrected chi connectivity index (χ2v) is 6.66. The molecule has 0 spiro atoms. The molecule has 1 fully saturated rings. The molecule has 0 amide bonds. The Bertz CT molecular complexity index is 420. The molecule has 1 aromatic carbocycles. The van der Waals surface area contributed by atoms with Gasteiger partial charge in [0.15, 0.2) is 0 Å². The van der Waals surface area contributed by atoms with Crippen LogP contribution < -0.4 is 5.32 Å². The molecule has 1 aliphatic rings. The Balaban J connectivity index is 2.30. The molecular weight excluding hydrogens is 256 g/mol. The van der Waals surface area contributed by atoms with Gasteiger partial charge in [-0.25, -0.2) is 0 Å². The molecule has 1 aliphatic heterocycles. The average Bonchev–Trinajstić information content (AvgIpc) is 2.54. The first-order valence-corrected chi connectivity index (χ1v) is 8.66.